The van der Waals surface area contributed by atoms with Crippen molar-refractivity contribution in [3.05, 3.63) is 0 Å². The van der Waals surface area contributed by atoms with E-state index in [0.717, 1.165) is 37.8 Å². The molecule has 1 atom stereocenters. The minimum atomic E-state index is -0.125. The number of likely N-dealkylation sites (tertiary alicyclic amines) is 1. The first-order valence-electron chi connectivity index (χ1n) is 5.81. The lowest BCUT2D eigenvalue weighted by Crippen LogP contribution is -2.41. The number of hydrogen-bond acceptors (Lipinski definition) is 2. The molecule has 0 spiro atoms. The maximum Gasteiger partial charge on any atom is 0.221 e. The number of rotatable bonds is 6. The van der Waals surface area contributed by atoms with E-state index >= 15 is 0 Å². The summed E-state index contributed by atoms with van der Waals surface area (Å²) in [5.74, 6) is -0.0323. The zero-order chi connectivity index (χ0) is 11.1. The molecular formula is C11H21BrN2O. The lowest BCUT2D eigenvalue weighted by molar-refractivity contribution is -0.123. The summed E-state index contributed by atoms with van der Waals surface area (Å²) in [7, 11) is 0. The minimum absolute atomic E-state index is 0.0925. The van der Waals surface area contributed by atoms with Gasteiger partial charge >= 0.3 is 0 Å². The molecule has 4 heteroatoms. The molecule has 1 amide bonds. The predicted molar refractivity (Wildman–Crippen MR) is 66.0 cm³/mol. The van der Waals surface area contributed by atoms with Crippen LogP contribution >= 0.6 is 15.9 Å². The lowest BCUT2D eigenvalue weighted by Gasteiger charge is -2.31. The van der Waals surface area contributed by atoms with Crippen LogP contribution in [-0.2, 0) is 4.79 Å². The maximum atomic E-state index is 11.1. The Balaban J connectivity index is 2.15. The van der Waals surface area contributed by atoms with Gasteiger partial charge in [0.1, 0.15) is 0 Å². The number of piperidine rings is 1. The third-order valence-electron chi connectivity index (χ3n) is 3.02. The second kappa shape index (κ2) is 7.23. The molecule has 0 aromatic rings. The topological polar surface area (TPSA) is 46.3 Å². The monoisotopic (exact) mass is 276 g/mol. The van der Waals surface area contributed by atoms with E-state index in [1.807, 2.05) is 0 Å². The van der Waals surface area contributed by atoms with Gasteiger partial charge in [-0.3, -0.25) is 4.79 Å². The zero-order valence-corrected chi connectivity index (χ0v) is 10.8. The van der Waals surface area contributed by atoms with Gasteiger partial charge in [-0.1, -0.05) is 22.4 Å². The fourth-order valence-electron chi connectivity index (χ4n) is 2.10. The Bertz CT molecular complexity index is 199. The standard InChI is InChI=1S/C11H21BrN2O/c12-6-2-1-3-7-14-8-4-5-10(9-14)11(13)15/h10H,1-9H2,(H2,13,15). The summed E-state index contributed by atoms with van der Waals surface area (Å²) < 4.78 is 0. The second-order valence-electron chi connectivity index (χ2n) is 4.29. The molecule has 1 fully saturated rings. The number of carbonyl (C=O) groups excluding carboxylic acids is 1. The van der Waals surface area contributed by atoms with E-state index in [9.17, 15) is 4.79 Å². The molecule has 1 saturated heterocycles. The van der Waals surface area contributed by atoms with Crippen molar-refractivity contribution in [1.82, 2.24) is 4.90 Å². The molecule has 1 unspecified atom stereocenters. The summed E-state index contributed by atoms with van der Waals surface area (Å²) in [6.07, 6.45) is 5.84. The second-order valence-corrected chi connectivity index (χ2v) is 5.08. The Labute approximate surface area is 101 Å². The first-order chi connectivity index (χ1) is 7.24. The number of unbranched alkanes of at least 4 members (excludes halogenated alkanes) is 2. The van der Waals surface area contributed by atoms with E-state index in [1.54, 1.807) is 0 Å². The smallest absolute Gasteiger partial charge is 0.221 e. The number of primary amides is 1. The molecule has 2 N–H and O–H groups in total. The van der Waals surface area contributed by atoms with Crippen molar-refractivity contribution in [1.29, 1.82) is 0 Å². The molecule has 1 aliphatic heterocycles. The van der Waals surface area contributed by atoms with Crippen LogP contribution in [0.15, 0.2) is 0 Å². The van der Waals surface area contributed by atoms with Gasteiger partial charge in [-0.05, 0) is 38.8 Å². The predicted octanol–water partition coefficient (Wildman–Crippen LogP) is 1.75. The van der Waals surface area contributed by atoms with Gasteiger partial charge in [-0.15, -0.1) is 0 Å². The van der Waals surface area contributed by atoms with Gasteiger partial charge in [0.2, 0.25) is 5.91 Å². The van der Waals surface area contributed by atoms with Crippen molar-refractivity contribution in [2.45, 2.75) is 32.1 Å². The molecule has 0 aliphatic carbocycles. The Morgan fingerprint density at radius 3 is 2.87 bits per heavy atom. The van der Waals surface area contributed by atoms with Gasteiger partial charge in [-0.2, -0.15) is 0 Å². The van der Waals surface area contributed by atoms with E-state index in [4.69, 9.17) is 5.73 Å². The summed E-state index contributed by atoms with van der Waals surface area (Å²) in [6.45, 7) is 3.14. The third kappa shape index (κ3) is 4.98. The molecule has 88 valence electrons. The van der Waals surface area contributed by atoms with Crippen molar-refractivity contribution >= 4 is 21.8 Å². The van der Waals surface area contributed by atoms with Crippen LogP contribution in [0.1, 0.15) is 32.1 Å². The van der Waals surface area contributed by atoms with Crippen LogP contribution in [0.3, 0.4) is 0 Å². The van der Waals surface area contributed by atoms with Crippen molar-refractivity contribution in [3.8, 4) is 0 Å². The number of hydrogen-bond donors (Lipinski definition) is 1. The molecule has 0 saturated carbocycles. The van der Waals surface area contributed by atoms with Gasteiger partial charge in [0.25, 0.3) is 0 Å². The quantitative estimate of drug-likeness (QED) is 0.594. The maximum absolute atomic E-state index is 11.1. The Morgan fingerprint density at radius 2 is 2.20 bits per heavy atom. The summed E-state index contributed by atoms with van der Waals surface area (Å²) in [6, 6.07) is 0. The number of amides is 1. The van der Waals surface area contributed by atoms with Crippen molar-refractivity contribution in [3.63, 3.8) is 0 Å². The SMILES string of the molecule is NC(=O)C1CCCN(CCCCCBr)C1. The molecule has 0 aromatic heterocycles. The summed E-state index contributed by atoms with van der Waals surface area (Å²) >= 11 is 3.43. The first-order valence-corrected chi connectivity index (χ1v) is 6.94. The highest BCUT2D eigenvalue weighted by atomic mass is 79.9. The fourth-order valence-corrected chi connectivity index (χ4v) is 2.49. The number of nitrogens with two attached hydrogens (primary N) is 1. The van der Waals surface area contributed by atoms with E-state index < -0.39 is 0 Å². The summed E-state index contributed by atoms with van der Waals surface area (Å²) in [4.78, 5) is 13.4. The van der Waals surface area contributed by atoms with Crippen LogP contribution in [0.25, 0.3) is 0 Å². The average Bonchev–Trinajstić information content (AvgIpc) is 2.25. The van der Waals surface area contributed by atoms with Crippen molar-refractivity contribution < 1.29 is 4.79 Å². The van der Waals surface area contributed by atoms with Crippen LogP contribution in [0.4, 0.5) is 0 Å². The Kier molecular flexibility index (Phi) is 6.25. The molecule has 1 aliphatic rings. The normalized spacial score (nSPS) is 22.9. The Morgan fingerprint density at radius 1 is 1.40 bits per heavy atom. The van der Waals surface area contributed by atoms with Crippen LogP contribution < -0.4 is 5.73 Å². The minimum Gasteiger partial charge on any atom is -0.369 e. The number of nitrogens with zero attached hydrogens (tertiary/aromatic N) is 1. The zero-order valence-electron chi connectivity index (χ0n) is 9.25. The lowest BCUT2D eigenvalue weighted by atomic mass is 9.97. The molecule has 0 bridgehead atoms. The van der Waals surface area contributed by atoms with Gasteiger partial charge < -0.3 is 10.6 Å². The largest absolute Gasteiger partial charge is 0.369 e. The number of alkyl halides is 1. The van der Waals surface area contributed by atoms with E-state index in [-0.39, 0.29) is 11.8 Å². The van der Waals surface area contributed by atoms with E-state index in [2.05, 4.69) is 20.8 Å². The highest BCUT2D eigenvalue weighted by Crippen LogP contribution is 2.16. The molecule has 1 heterocycles. The van der Waals surface area contributed by atoms with E-state index in [0.29, 0.717) is 0 Å². The van der Waals surface area contributed by atoms with Crippen molar-refractivity contribution in [2.75, 3.05) is 25.0 Å². The number of carbonyl (C=O) groups is 1. The summed E-state index contributed by atoms with van der Waals surface area (Å²) in [5.41, 5.74) is 5.33. The van der Waals surface area contributed by atoms with Crippen LogP contribution in [-0.4, -0.2) is 35.8 Å². The van der Waals surface area contributed by atoms with Gasteiger partial charge in [0, 0.05) is 11.9 Å². The van der Waals surface area contributed by atoms with Crippen LogP contribution in [0.2, 0.25) is 0 Å². The highest BCUT2D eigenvalue weighted by Gasteiger charge is 2.23. The third-order valence-corrected chi connectivity index (χ3v) is 3.58. The fraction of sp³-hybridized carbons (Fsp3) is 0.909. The average molecular weight is 277 g/mol. The summed E-state index contributed by atoms with van der Waals surface area (Å²) in [5, 5.41) is 1.09. The van der Waals surface area contributed by atoms with Crippen LogP contribution in [0.5, 0.6) is 0 Å². The molecule has 0 aromatic carbocycles. The molecule has 1 rings (SSSR count). The Hall–Kier alpha value is -0.0900. The first kappa shape index (κ1) is 13.0. The van der Waals surface area contributed by atoms with Gasteiger partial charge in [0.05, 0.1) is 5.92 Å². The molecular weight excluding hydrogens is 256 g/mol. The van der Waals surface area contributed by atoms with Crippen molar-refractivity contribution in [2.24, 2.45) is 11.7 Å². The molecule has 15 heavy (non-hydrogen) atoms. The van der Waals surface area contributed by atoms with E-state index in [1.165, 1.54) is 19.3 Å². The van der Waals surface area contributed by atoms with Gasteiger partial charge in [-0.25, -0.2) is 0 Å². The number of halogens is 1. The van der Waals surface area contributed by atoms with Crippen LogP contribution in [0, 0.1) is 5.92 Å². The highest BCUT2D eigenvalue weighted by molar-refractivity contribution is 9.09. The molecule has 3 nitrogen and oxygen atoms in total. The van der Waals surface area contributed by atoms with Gasteiger partial charge in [0.15, 0.2) is 0 Å². The molecule has 0 radical (unpaired) electrons.